The fourth-order valence-electron chi connectivity index (χ4n) is 4.93. The minimum Gasteiger partial charge on any atom is -0.353 e. The van der Waals surface area contributed by atoms with Gasteiger partial charge in [-0.1, -0.05) is 29.8 Å². The molecule has 1 saturated heterocycles. The second-order valence-electron chi connectivity index (χ2n) is 9.15. The third-order valence-electron chi connectivity index (χ3n) is 6.54. The first kappa shape index (κ1) is 22.6. The number of likely N-dealkylation sites (tertiary alicyclic amines) is 1. The molecule has 6 nitrogen and oxygen atoms in total. The lowest BCUT2D eigenvalue weighted by Crippen LogP contribution is -2.44. The van der Waals surface area contributed by atoms with Crippen LogP contribution in [-0.4, -0.2) is 45.7 Å². The molecule has 3 heterocycles. The van der Waals surface area contributed by atoms with Crippen LogP contribution >= 0.6 is 23.1 Å². The lowest BCUT2D eigenvalue weighted by Gasteiger charge is -2.32. The average Bonchev–Trinajstić information content (AvgIpc) is 3.36. The van der Waals surface area contributed by atoms with Gasteiger partial charge in [0.15, 0.2) is 0 Å². The Bertz CT molecular complexity index is 1210. The van der Waals surface area contributed by atoms with Crippen LogP contribution in [0.25, 0.3) is 10.2 Å². The van der Waals surface area contributed by atoms with Crippen LogP contribution in [0.4, 0.5) is 0 Å². The molecule has 1 aromatic carbocycles. The predicted octanol–water partition coefficient (Wildman–Crippen LogP) is 3.80. The largest absolute Gasteiger partial charge is 0.353 e. The molecule has 1 amide bonds. The molecule has 0 bridgehead atoms. The van der Waals surface area contributed by atoms with Crippen LogP contribution in [-0.2, 0) is 29.9 Å². The lowest BCUT2D eigenvalue weighted by molar-refractivity contribution is -0.119. The smallest absolute Gasteiger partial charge is 0.259 e. The molecule has 5 rings (SSSR count). The van der Waals surface area contributed by atoms with E-state index in [1.807, 2.05) is 0 Å². The van der Waals surface area contributed by atoms with E-state index in [4.69, 9.17) is 0 Å². The number of rotatable bonds is 7. The number of piperidine rings is 1. The van der Waals surface area contributed by atoms with E-state index < -0.39 is 0 Å². The van der Waals surface area contributed by atoms with Crippen molar-refractivity contribution in [3.8, 4) is 0 Å². The van der Waals surface area contributed by atoms with Crippen LogP contribution in [0, 0.1) is 6.92 Å². The molecule has 0 saturated carbocycles. The Labute approximate surface area is 202 Å². The quantitative estimate of drug-likeness (QED) is 0.536. The Hall–Kier alpha value is -2.16. The first-order valence-electron chi connectivity index (χ1n) is 11.7. The Balaban J connectivity index is 1.06. The molecule has 0 atom stereocenters. The van der Waals surface area contributed by atoms with E-state index in [-0.39, 0.29) is 17.5 Å². The molecule has 1 fully saturated rings. The number of carbonyl (C=O) groups is 1. The van der Waals surface area contributed by atoms with Gasteiger partial charge < -0.3 is 10.3 Å². The fraction of sp³-hybridized carbons (Fsp3) is 0.480. The standard InChI is InChI=1S/C25H30N4O2S2/c1-16-4-2-5-17(12-16)13-29-10-8-18(9-11-29)26-22(30)15-32-14-21-27-24(31)23-19-6-3-7-20(19)33-25(23)28-21/h2,4-5,12,18H,3,6-11,13-15H2,1H3,(H,26,30)(H,27,28,31). The number of aromatic amines is 1. The summed E-state index contributed by atoms with van der Waals surface area (Å²) >= 11 is 3.16. The number of aryl methyl sites for hydroxylation is 3. The molecular weight excluding hydrogens is 452 g/mol. The van der Waals surface area contributed by atoms with Crippen molar-refractivity contribution in [3.63, 3.8) is 0 Å². The Morgan fingerprint density at radius 1 is 1.30 bits per heavy atom. The minimum absolute atomic E-state index is 0.0307. The molecule has 0 spiro atoms. The summed E-state index contributed by atoms with van der Waals surface area (Å²) in [6.07, 6.45) is 5.15. The molecule has 1 aliphatic carbocycles. The second-order valence-corrected chi connectivity index (χ2v) is 11.2. The van der Waals surface area contributed by atoms with Gasteiger partial charge >= 0.3 is 0 Å². The third-order valence-corrected chi connectivity index (χ3v) is 8.67. The first-order chi connectivity index (χ1) is 16.0. The summed E-state index contributed by atoms with van der Waals surface area (Å²) in [5.41, 5.74) is 3.82. The molecule has 2 aliphatic rings. The number of hydrogen-bond donors (Lipinski definition) is 2. The number of carbonyl (C=O) groups excluding carboxylic acids is 1. The third kappa shape index (κ3) is 5.34. The van der Waals surface area contributed by atoms with Gasteiger partial charge in [-0.3, -0.25) is 14.5 Å². The van der Waals surface area contributed by atoms with Gasteiger partial charge in [-0.05, 0) is 50.2 Å². The molecule has 1 aliphatic heterocycles. The zero-order valence-corrected chi connectivity index (χ0v) is 20.6. The first-order valence-corrected chi connectivity index (χ1v) is 13.7. The van der Waals surface area contributed by atoms with Gasteiger partial charge in [0.2, 0.25) is 5.91 Å². The highest BCUT2D eigenvalue weighted by Crippen LogP contribution is 2.34. The van der Waals surface area contributed by atoms with E-state index >= 15 is 0 Å². The van der Waals surface area contributed by atoms with Crippen molar-refractivity contribution in [1.29, 1.82) is 0 Å². The normalized spacial score (nSPS) is 16.9. The van der Waals surface area contributed by atoms with Gasteiger partial charge in [0.1, 0.15) is 10.7 Å². The molecule has 2 aromatic heterocycles. The van der Waals surface area contributed by atoms with Crippen LogP contribution in [0.15, 0.2) is 29.1 Å². The maximum atomic E-state index is 12.6. The highest BCUT2D eigenvalue weighted by molar-refractivity contribution is 7.99. The van der Waals surface area contributed by atoms with Crippen LogP contribution in [0.2, 0.25) is 0 Å². The lowest BCUT2D eigenvalue weighted by atomic mass is 10.0. The molecule has 8 heteroatoms. The monoisotopic (exact) mass is 482 g/mol. The van der Waals surface area contributed by atoms with Crippen molar-refractivity contribution in [2.45, 2.75) is 57.4 Å². The van der Waals surface area contributed by atoms with E-state index in [1.54, 1.807) is 11.3 Å². The van der Waals surface area contributed by atoms with Crippen LogP contribution < -0.4 is 10.9 Å². The van der Waals surface area contributed by atoms with Gasteiger partial charge in [0.05, 0.1) is 16.9 Å². The zero-order valence-electron chi connectivity index (χ0n) is 19.0. The summed E-state index contributed by atoms with van der Waals surface area (Å²) in [6.45, 7) is 5.11. The minimum atomic E-state index is -0.0307. The van der Waals surface area contributed by atoms with Gasteiger partial charge in [-0.15, -0.1) is 23.1 Å². The fourth-order valence-corrected chi connectivity index (χ4v) is 6.91. The number of fused-ring (bicyclic) bond motifs is 3. The van der Waals surface area contributed by atoms with Gasteiger partial charge in [-0.25, -0.2) is 4.98 Å². The molecular formula is C25H30N4O2S2. The number of nitrogens with zero attached hydrogens (tertiary/aromatic N) is 2. The Morgan fingerprint density at radius 2 is 2.15 bits per heavy atom. The van der Waals surface area contributed by atoms with Crippen molar-refractivity contribution in [3.05, 3.63) is 62.0 Å². The van der Waals surface area contributed by atoms with Crippen molar-refractivity contribution >= 4 is 39.2 Å². The number of thiophene rings is 1. The summed E-state index contributed by atoms with van der Waals surface area (Å²) in [5, 5.41) is 3.97. The number of nitrogens with one attached hydrogen (secondary N) is 2. The average molecular weight is 483 g/mol. The maximum Gasteiger partial charge on any atom is 0.259 e. The van der Waals surface area contributed by atoms with Crippen molar-refractivity contribution in [2.75, 3.05) is 18.8 Å². The van der Waals surface area contributed by atoms with E-state index in [1.165, 1.54) is 33.3 Å². The molecule has 0 unspecified atom stereocenters. The SMILES string of the molecule is Cc1cccc(CN2CCC(NC(=O)CSCc3nc4sc5c(c4c(=O)[nH]3)CCC5)CC2)c1. The van der Waals surface area contributed by atoms with Gasteiger partial charge in [0, 0.05) is 30.6 Å². The Kier molecular flexibility index (Phi) is 6.85. The van der Waals surface area contributed by atoms with E-state index in [9.17, 15) is 9.59 Å². The molecule has 3 aromatic rings. The number of aromatic nitrogens is 2. The molecule has 2 N–H and O–H groups in total. The summed E-state index contributed by atoms with van der Waals surface area (Å²) in [7, 11) is 0. The van der Waals surface area contributed by atoms with Crippen molar-refractivity contribution < 1.29 is 4.79 Å². The maximum absolute atomic E-state index is 12.6. The van der Waals surface area contributed by atoms with E-state index in [0.717, 1.165) is 62.0 Å². The number of H-pyrrole nitrogens is 1. The highest BCUT2D eigenvalue weighted by Gasteiger charge is 2.22. The highest BCUT2D eigenvalue weighted by atomic mass is 32.2. The van der Waals surface area contributed by atoms with Crippen LogP contribution in [0.3, 0.4) is 0 Å². The molecule has 0 radical (unpaired) electrons. The predicted molar refractivity (Wildman–Crippen MR) is 136 cm³/mol. The van der Waals surface area contributed by atoms with Crippen molar-refractivity contribution in [1.82, 2.24) is 20.2 Å². The number of thioether (sulfide) groups is 1. The van der Waals surface area contributed by atoms with E-state index in [2.05, 4.69) is 51.4 Å². The number of benzene rings is 1. The van der Waals surface area contributed by atoms with Crippen molar-refractivity contribution in [2.24, 2.45) is 0 Å². The summed E-state index contributed by atoms with van der Waals surface area (Å²) in [5.74, 6) is 1.65. The number of amides is 1. The topological polar surface area (TPSA) is 78.1 Å². The molecule has 174 valence electrons. The Morgan fingerprint density at radius 3 is 2.97 bits per heavy atom. The summed E-state index contributed by atoms with van der Waals surface area (Å²) < 4.78 is 0. The summed E-state index contributed by atoms with van der Waals surface area (Å²) in [4.78, 5) is 37.2. The van der Waals surface area contributed by atoms with Crippen LogP contribution in [0.5, 0.6) is 0 Å². The van der Waals surface area contributed by atoms with Gasteiger partial charge in [-0.2, -0.15) is 0 Å². The van der Waals surface area contributed by atoms with E-state index in [0.29, 0.717) is 17.3 Å². The van der Waals surface area contributed by atoms with Crippen LogP contribution in [0.1, 0.15) is 46.7 Å². The number of hydrogen-bond acceptors (Lipinski definition) is 6. The summed E-state index contributed by atoms with van der Waals surface area (Å²) in [6, 6.07) is 8.92. The van der Waals surface area contributed by atoms with Gasteiger partial charge in [0.25, 0.3) is 5.56 Å². The second kappa shape index (κ2) is 9.99. The molecule has 33 heavy (non-hydrogen) atoms. The zero-order chi connectivity index (χ0) is 22.8.